The van der Waals surface area contributed by atoms with Crippen molar-refractivity contribution in [3.63, 3.8) is 0 Å². The molecule has 0 aliphatic carbocycles. The van der Waals surface area contributed by atoms with Gasteiger partial charge in [-0.2, -0.15) is 0 Å². The maximum Gasteiger partial charge on any atom is 0.343 e. The number of ether oxygens (including phenoxy) is 3. The molecule has 0 radical (unpaired) electrons. The van der Waals surface area contributed by atoms with Crippen LogP contribution in [0.25, 0.3) is 6.08 Å². The Kier molecular flexibility index (Phi) is 7.29. The van der Waals surface area contributed by atoms with Gasteiger partial charge in [0.1, 0.15) is 5.75 Å². The molecule has 1 heterocycles. The SMILES string of the molecule is CCOc1cc(/C=C2\SC(=Nc3ccc(OC)cc3)NC2=O)ccc1OC(=O)c1ccccc1. The number of nitrogens with zero attached hydrogens (tertiary/aromatic N) is 1. The van der Waals surface area contributed by atoms with E-state index in [2.05, 4.69) is 10.3 Å². The minimum absolute atomic E-state index is 0.241. The first-order chi connectivity index (χ1) is 16.6. The minimum Gasteiger partial charge on any atom is -0.497 e. The van der Waals surface area contributed by atoms with E-state index >= 15 is 0 Å². The number of esters is 1. The smallest absolute Gasteiger partial charge is 0.343 e. The molecule has 1 N–H and O–H groups in total. The van der Waals surface area contributed by atoms with Gasteiger partial charge in [-0.3, -0.25) is 4.79 Å². The van der Waals surface area contributed by atoms with Crippen molar-refractivity contribution in [1.29, 1.82) is 0 Å². The number of hydrogen-bond acceptors (Lipinski definition) is 7. The highest BCUT2D eigenvalue weighted by atomic mass is 32.2. The third kappa shape index (κ3) is 5.65. The third-order valence-corrected chi connectivity index (χ3v) is 5.64. The highest BCUT2D eigenvalue weighted by Gasteiger charge is 2.24. The Morgan fingerprint density at radius 1 is 1.03 bits per heavy atom. The molecule has 7 nitrogen and oxygen atoms in total. The monoisotopic (exact) mass is 474 g/mol. The molecule has 3 aromatic rings. The molecule has 0 atom stereocenters. The minimum atomic E-state index is -0.474. The molecule has 3 aromatic carbocycles. The number of carbonyl (C=O) groups is 2. The fourth-order valence-electron chi connectivity index (χ4n) is 3.11. The topological polar surface area (TPSA) is 86.2 Å². The second-order valence-electron chi connectivity index (χ2n) is 7.07. The van der Waals surface area contributed by atoms with Gasteiger partial charge < -0.3 is 19.5 Å². The lowest BCUT2D eigenvalue weighted by molar-refractivity contribution is -0.115. The van der Waals surface area contributed by atoms with Gasteiger partial charge in [-0.25, -0.2) is 9.79 Å². The molecule has 0 bridgehead atoms. The van der Waals surface area contributed by atoms with Crippen molar-refractivity contribution in [1.82, 2.24) is 5.32 Å². The number of amides is 1. The Morgan fingerprint density at radius 3 is 2.50 bits per heavy atom. The molecular weight excluding hydrogens is 452 g/mol. The Labute approximate surface area is 201 Å². The fourth-order valence-corrected chi connectivity index (χ4v) is 3.95. The third-order valence-electron chi connectivity index (χ3n) is 4.73. The van der Waals surface area contributed by atoms with Crippen LogP contribution in [0.15, 0.2) is 82.7 Å². The van der Waals surface area contributed by atoms with E-state index in [0.717, 1.165) is 11.3 Å². The van der Waals surface area contributed by atoms with Gasteiger partial charge in [0.25, 0.3) is 5.91 Å². The zero-order valence-electron chi connectivity index (χ0n) is 18.6. The molecule has 8 heteroatoms. The van der Waals surface area contributed by atoms with E-state index in [1.54, 1.807) is 67.8 Å². The molecule has 4 rings (SSSR count). The number of rotatable bonds is 7. The van der Waals surface area contributed by atoms with Crippen LogP contribution >= 0.6 is 11.8 Å². The molecule has 1 amide bonds. The van der Waals surface area contributed by atoms with Crippen LogP contribution in [0.4, 0.5) is 5.69 Å². The summed E-state index contributed by atoms with van der Waals surface area (Å²) in [4.78, 5) is 29.8. The largest absolute Gasteiger partial charge is 0.497 e. The summed E-state index contributed by atoms with van der Waals surface area (Å²) in [5, 5.41) is 3.26. The summed E-state index contributed by atoms with van der Waals surface area (Å²) in [7, 11) is 1.60. The van der Waals surface area contributed by atoms with Crippen molar-refractivity contribution in [3.05, 3.63) is 88.8 Å². The Balaban J connectivity index is 1.52. The zero-order chi connectivity index (χ0) is 23.9. The summed E-state index contributed by atoms with van der Waals surface area (Å²) in [6, 6.07) is 21.1. The molecule has 172 valence electrons. The van der Waals surface area contributed by atoms with Gasteiger partial charge in [-0.15, -0.1) is 0 Å². The van der Waals surface area contributed by atoms with E-state index in [0.29, 0.717) is 39.4 Å². The van der Waals surface area contributed by atoms with Crippen LogP contribution in [0.5, 0.6) is 17.2 Å². The van der Waals surface area contributed by atoms with E-state index in [1.807, 2.05) is 25.1 Å². The van der Waals surface area contributed by atoms with Crippen LogP contribution in [0, 0.1) is 0 Å². The second kappa shape index (κ2) is 10.7. The lowest BCUT2D eigenvalue weighted by Crippen LogP contribution is -2.19. The van der Waals surface area contributed by atoms with Crippen molar-refractivity contribution in [2.75, 3.05) is 13.7 Å². The van der Waals surface area contributed by atoms with Crippen LogP contribution in [-0.2, 0) is 4.79 Å². The number of aliphatic imine (C=N–C) groups is 1. The summed E-state index contributed by atoms with van der Waals surface area (Å²) in [5.41, 5.74) is 1.87. The summed E-state index contributed by atoms with van der Waals surface area (Å²) in [6.07, 6.45) is 1.74. The van der Waals surface area contributed by atoms with Gasteiger partial charge in [-0.05, 0) is 78.9 Å². The number of methoxy groups -OCH3 is 1. The first-order valence-corrected chi connectivity index (χ1v) is 11.3. The second-order valence-corrected chi connectivity index (χ2v) is 8.11. The van der Waals surface area contributed by atoms with Gasteiger partial charge >= 0.3 is 5.97 Å². The van der Waals surface area contributed by atoms with Crippen LogP contribution in [-0.4, -0.2) is 30.8 Å². The Bertz CT molecular complexity index is 1250. The summed E-state index contributed by atoms with van der Waals surface area (Å²) in [5.74, 6) is 0.739. The standard InChI is InChI=1S/C26H22N2O5S/c1-3-32-22-15-17(9-14-21(22)33-25(30)18-7-5-4-6-8-18)16-23-24(29)28-26(34-23)27-19-10-12-20(31-2)13-11-19/h4-16H,3H2,1-2H3,(H,27,28,29)/b23-16-. The molecular formula is C26H22N2O5S. The van der Waals surface area contributed by atoms with E-state index < -0.39 is 5.97 Å². The van der Waals surface area contributed by atoms with Crippen LogP contribution in [0.2, 0.25) is 0 Å². The van der Waals surface area contributed by atoms with Crippen LogP contribution in [0.1, 0.15) is 22.8 Å². The molecule has 0 aromatic heterocycles. The number of amidine groups is 1. The molecule has 0 saturated carbocycles. The zero-order valence-corrected chi connectivity index (χ0v) is 19.4. The van der Waals surface area contributed by atoms with Gasteiger partial charge in [0, 0.05) is 0 Å². The Hall–Kier alpha value is -4.04. The first-order valence-electron chi connectivity index (χ1n) is 10.5. The van der Waals surface area contributed by atoms with Gasteiger partial charge in [-0.1, -0.05) is 24.3 Å². The van der Waals surface area contributed by atoms with E-state index in [4.69, 9.17) is 14.2 Å². The lowest BCUT2D eigenvalue weighted by atomic mass is 10.1. The molecule has 1 aliphatic heterocycles. The maximum atomic E-state index is 12.5. The average molecular weight is 475 g/mol. The maximum absolute atomic E-state index is 12.5. The lowest BCUT2D eigenvalue weighted by Gasteiger charge is -2.11. The highest BCUT2D eigenvalue weighted by Crippen LogP contribution is 2.33. The van der Waals surface area contributed by atoms with Gasteiger partial charge in [0.05, 0.1) is 29.9 Å². The number of benzene rings is 3. The van der Waals surface area contributed by atoms with Gasteiger partial charge in [0.2, 0.25) is 0 Å². The summed E-state index contributed by atoms with van der Waals surface area (Å²) in [6.45, 7) is 2.24. The highest BCUT2D eigenvalue weighted by molar-refractivity contribution is 8.18. The number of hydrogen-bond donors (Lipinski definition) is 1. The molecule has 0 spiro atoms. The van der Waals surface area contributed by atoms with Gasteiger partial charge in [0.15, 0.2) is 16.7 Å². The predicted octanol–water partition coefficient (Wildman–Crippen LogP) is 5.20. The van der Waals surface area contributed by atoms with Crippen molar-refractivity contribution in [2.45, 2.75) is 6.92 Å². The van der Waals surface area contributed by atoms with Crippen molar-refractivity contribution < 1.29 is 23.8 Å². The van der Waals surface area contributed by atoms with Crippen LogP contribution in [0.3, 0.4) is 0 Å². The number of nitrogens with one attached hydrogen (secondary N) is 1. The molecule has 1 fully saturated rings. The van der Waals surface area contributed by atoms with Crippen molar-refractivity contribution in [2.24, 2.45) is 4.99 Å². The quantitative estimate of drug-likeness (QED) is 0.288. The molecule has 1 aliphatic rings. The van der Waals surface area contributed by atoms with Crippen molar-refractivity contribution in [3.8, 4) is 17.2 Å². The first kappa shape index (κ1) is 23.1. The van der Waals surface area contributed by atoms with Crippen LogP contribution < -0.4 is 19.5 Å². The number of carbonyl (C=O) groups excluding carboxylic acids is 2. The average Bonchev–Trinajstić information content (AvgIpc) is 3.20. The Morgan fingerprint density at radius 2 is 1.79 bits per heavy atom. The number of thioether (sulfide) groups is 1. The molecule has 0 unspecified atom stereocenters. The normalized spacial score (nSPS) is 15.3. The van der Waals surface area contributed by atoms with Crippen molar-refractivity contribution >= 4 is 40.6 Å². The van der Waals surface area contributed by atoms with E-state index in [1.165, 1.54) is 11.8 Å². The molecule has 1 saturated heterocycles. The summed E-state index contributed by atoms with van der Waals surface area (Å²) >= 11 is 1.24. The summed E-state index contributed by atoms with van der Waals surface area (Å²) < 4.78 is 16.4. The molecule has 34 heavy (non-hydrogen) atoms. The fraction of sp³-hybridized carbons (Fsp3) is 0.115. The van der Waals surface area contributed by atoms with E-state index in [-0.39, 0.29) is 5.91 Å². The predicted molar refractivity (Wildman–Crippen MR) is 133 cm³/mol. The van der Waals surface area contributed by atoms with E-state index in [9.17, 15) is 9.59 Å².